The number of benzene rings is 1. The molecular weight excluding hydrogens is 269 g/mol. The van der Waals surface area contributed by atoms with E-state index in [-0.39, 0.29) is 18.0 Å². The Morgan fingerprint density at radius 3 is 3.00 bits per heavy atom. The first-order valence-corrected chi connectivity index (χ1v) is 7.45. The van der Waals surface area contributed by atoms with Crippen molar-refractivity contribution < 1.29 is 9.13 Å². The van der Waals surface area contributed by atoms with Gasteiger partial charge in [-0.25, -0.2) is 4.39 Å². The molecule has 2 unspecified atom stereocenters. The summed E-state index contributed by atoms with van der Waals surface area (Å²) >= 11 is 0. The topological polar surface area (TPSA) is 60.2 Å². The zero-order valence-electron chi connectivity index (χ0n) is 11.7. The first-order chi connectivity index (χ1) is 10.2. The van der Waals surface area contributed by atoms with Crippen molar-refractivity contribution in [1.82, 2.24) is 4.98 Å². The van der Waals surface area contributed by atoms with Crippen LogP contribution in [0.3, 0.4) is 0 Å². The molecular formula is C16H18FN3O. The third-order valence-electron chi connectivity index (χ3n) is 4.43. The minimum absolute atomic E-state index is 0.154. The maximum Gasteiger partial charge on any atom is 0.150 e. The van der Waals surface area contributed by atoms with E-state index in [2.05, 4.69) is 10.3 Å². The van der Waals surface area contributed by atoms with Gasteiger partial charge in [-0.1, -0.05) is 0 Å². The van der Waals surface area contributed by atoms with Crippen LogP contribution in [0.15, 0.2) is 24.4 Å². The fourth-order valence-corrected chi connectivity index (χ4v) is 3.21. The number of aromatic nitrogens is 1. The van der Waals surface area contributed by atoms with Gasteiger partial charge in [0.05, 0.1) is 23.3 Å². The van der Waals surface area contributed by atoms with Crippen molar-refractivity contribution in [3.8, 4) is 0 Å². The van der Waals surface area contributed by atoms with E-state index >= 15 is 0 Å². The lowest BCUT2D eigenvalue weighted by atomic mass is 10.0. The summed E-state index contributed by atoms with van der Waals surface area (Å²) in [6.07, 6.45) is 5.19. The Morgan fingerprint density at radius 2 is 2.19 bits per heavy atom. The van der Waals surface area contributed by atoms with Gasteiger partial charge in [0.25, 0.3) is 0 Å². The van der Waals surface area contributed by atoms with Crippen LogP contribution in [0, 0.1) is 11.7 Å². The lowest BCUT2D eigenvalue weighted by molar-refractivity contribution is 0.0898. The number of anilines is 2. The summed E-state index contributed by atoms with van der Waals surface area (Å²) in [7, 11) is 0. The summed E-state index contributed by atoms with van der Waals surface area (Å²) < 4.78 is 20.2. The molecule has 0 bridgehead atoms. The van der Waals surface area contributed by atoms with Crippen LogP contribution in [-0.2, 0) is 4.74 Å². The van der Waals surface area contributed by atoms with Gasteiger partial charge < -0.3 is 15.8 Å². The van der Waals surface area contributed by atoms with Crippen molar-refractivity contribution >= 4 is 22.3 Å². The van der Waals surface area contributed by atoms with Crippen LogP contribution in [0.1, 0.15) is 19.3 Å². The third-order valence-corrected chi connectivity index (χ3v) is 4.43. The van der Waals surface area contributed by atoms with Gasteiger partial charge in [0, 0.05) is 23.9 Å². The molecule has 1 aromatic heterocycles. The highest BCUT2D eigenvalue weighted by Crippen LogP contribution is 2.40. The molecule has 1 saturated heterocycles. The quantitative estimate of drug-likeness (QED) is 0.852. The first kappa shape index (κ1) is 12.8. The molecule has 0 spiro atoms. The summed E-state index contributed by atoms with van der Waals surface area (Å²) in [5.74, 6) is 0.279. The van der Waals surface area contributed by atoms with E-state index in [0.717, 1.165) is 18.4 Å². The van der Waals surface area contributed by atoms with E-state index in [0.29, 0.717) is 22.8 Å². The van der Waals surface area contributed by atoms with Gasteiger partial charge in [0.2, 0.25) is 0 Å². The molecule has 2 fully saturated rings. The molecule has 1 saturated carbocycles. The number of fused-ring (bicyclic) bond motifs is 1. The van der Waals surface area contributed by atoms with Gasteiger partial charge in [-0.05, 0) is 43.4 Å². The molecule has 4 nitrogen and oxygen atoms in total. The van der Waals surface area contributed by atoms with E-state index in [9.17, 15) is 4.39 Å². The molecule has 2 aliphatic rings. The maximum absolute atomic E-state index is 14.4. The van der Waals surface area contributed by atoms with Crippen LogP contribution >= 0.6 is 0 Å². The van der Waals surface area contributed by atoms with E-state index in [1.165, 1.54) is 18.9 Å². The van der Waals surface area contributed by atoms with Crippen LogP contribution in [-0.4, -0.2) is 23.7 Å². The summed E-state index contributed by atoms with van der Waals surface area (Å²) in [6, 6.07) is 5.20. The highest BCUT2D eigenvalue weighted by atomic mass is 19.1. The van der Waals surface area contributed by atoms with Gasteiger partial charge in [-0.15, -0.1) is 0 Å². The predicted molar refractivity (Wildman–Crippen MR) is 80.6 cm³/mol. The molecule has 0 radical (unpaired) electrons. The van der Waals surface area contributed by atoms with E-state index in [1.807, 2.05) is 12.1 Å². The van der Waals surface area contributed by atoms with Crippen LogP contribution in [0.2, 0.25) is 0 Å². The van der Waals surface area contributed by atoms with Crippen molar-refractivity contribution in [1.29, 1.82) is 0 Å². The van der Waals surface area contributed by atoms with E-state index in [4.69, 9.17) is 10.5 Å². The fourth-order valence-electron chi connectivity index (χ4n) is 3.21. The zero-order valence-corrected chi connectivity index (χ0v) is 11.7. The molecule has 4 rings (SSSR count). The molecule has 1 aromatic carbocycles. The molecule has 2 aromatic rings. The smallest absolute Gasteiger partial charge is 0.150 e. The van der Waals surface area contributed by atoms with Crippen molar-refractivity contribution in [2.24, 2.45) is 5.92 Å². The average molecular weight is 287 g/mol. The fraction of sp³-hybridized carbons (Fsp3) is 0.438. The van der Waals surface area contributed by atoms with Crippen LogP contribution in [0.5, 0.6) is 0 Å². The van der Waals surface area contributed by atoms with Crippen LogP contribution in [0.4, 0.5) is 15.8 Å². The Balaban J connectivity index is 1.72. The summed E-state index contributed by atoms with van der Waals surface area (Å²) in [4.78, 5) is 4.31. The molecule has 21 heavy (non-hydrogen) atoms. The van der Waals surface area contributed by atoms with Crippen LogP contribution in [0.25, 0.3) is 10.9 Å². The number of nitrogens with two attached hydrogens (primary N) is 1. The van der Waals surface area contributed by atoms with Crippen molar-refractivity contribution in [2.75, 3.05) is 17.7 Å². The Kier molecular flexibility index (Phi) is 2.96. The average Bonchev–Trinajstić information content (AvgIpc) is 3.23. The largest absolute Gasteiger partial charge is 0.398 e. The molecule has 3 N–H and O–H groups in total. The second-order valence-electron chi connectivity index (χ2n) is 5.93. The van der Waals surface area contributed by atoms with Gasteiger partial charge in [0.15, 0.2) is 5.82 Å². The summed E-state index contributed by atoms with van der Waals surface area (Å²) in [5, 5.41) is 4.11. The lowest BCUT2D eigenvalue weighted by Crippen LogP contribution is -2.31. The number of hydrogen-bond donors (Lipinski definition) is 2. The minimum Gasteiger partial charge on any atom is -0.398 e. The maximum atomic E-state index is 14.4. The molecule has 2 heterocycles. The Bertz CT molecular complexity index is 687. The van der Waals surface area contributed by atoms with Gasteiger partial charge >= 0.3 is 0 Å². The number of nitrogens with one attached hydrogen (secondary N) is 1. The van der Waals surface area contributed by atoms with Gasteiger partial charge in [-0.3, -0.25) is 4.98 Å². The standard InChI is InChI=1S/C16H18FN3O/c17-11-8-12(18)10-2-1-6-19-14(10)15(11)20-13-5-7-21-16(13)9-3-4-9/h1-2,6,8-9,13,16,20H,3-5,7,18H2. The molecule has 1 aliphatic heterocycles. The summed E-state index contributed by atoms with van der Waals surface area (Å²) in [5.41, 5.74) is 7.35. The Morgan fingerprint density at radius 1 is 1.33 bits per heavy atom. The number of halogens is 1. The van der Waals surface area contributed by atoms with Crippen molar-refractivity contribution in [2.45, 2.75) is 31.4 Å². The Hall–Kier alpha value is -1.88. The second kappa shape index (κ2) is 4.84. The number of ether oxygens (including phenoxy) is 1. The van der Waals surface area contributed by atoms with E-state index in [1.54, 1.807) is 6.20 Å². The minimum atomic E-state index is -0.347. The highest BCUT2D eigenvalue weighted by Gasteiger charge is 2.41. The molecule has 0 amide bonds. The van der Waals surface area contributed by atoms with Gasteiger partial charge in [0.1, 0.15) is 0 Å². The number of nitrogens with zero attached hydrogens (tertiary/aromatic N) is 1. The van der Waals surface area contributed by atoms with Gasteiger partial charge in [-0.2, -0.15) is 0 Å². The number of pyridine rings is 1. The molecule has 5 heteroatoms. The van der Waals surface area contributed by atoms with Crippen molar-refractivity contribution in [3.05, 3.63) is 30.2 Å². The number of nitrogen functional groups attached to an aromatic ring is 1. The third kappa shape index (κ3) is 2.21. The summed E-state index contributed by atoms with van der Waals surface area (Å²) in [6.45, 7) is 0.737. The number of rotatable bonds is 3. The normalized spacial score (nSPS) is 25.4. The van der Waals surface area contributed by atoms with Crippen molar-refractivity contribution in [3.63, 3.8) is 0 Å². The second-order valence-corrected chi connectivity index (χ2v) is 5.93. The monoisotopic (exact) mass is 287 g/mol. The predicted octanol–water partition coefficient (Wildman–Crippen LogP) is 2.94. The lowest BCUT2D eigenvalue weighted by Gasteiger charge is -2.22. The van der Waals surface area contributed by atoms with E-state index < -0.39 is 0 Å². The molecule has 1 aliphatic carbocycles. The molecule has 2 atom stereocenters. The zero-order chi connectivity index (χ0) is 14.4. The Labute approximate surface area is 122 Å². The molecule has 110 valence electrons. The highest BCUT2D eigenvalue weighted by molar-refractivity contribution is 5.98. The number of hydrogen-bond acceptors (Lipinski definition) is 4. The van der Waals surface area contributed by atoms with Crippen LogP contribution < -0.4 is 11.1 Å². The first-order valence-electron chi connectivity index (χ1n) is 7.45. The SMILES string of the molecule is Nc1cc(F)c(NC2CCOC2C2CC2)c2ncccc12.